The molecule has 6 nitrogen and oxygen atoms in total. The number of thioether (sulfide) groups is 1. The Morgan fingerprint density at radius 2 is 1.91 bits per heavy atom. The second kappa shape index (κ2) is 9.94. The zero-order valence-corrected chi connectivity index (χ0v) is 20.8. The van der Waals surface area contributed by atoms with Crippen molar-refractivity contribution in [2.45, 2.75) is 67.0 Å². The highest BCUT2D eigenvalue weighted by molar-refractivity contribution is 8.16. The first-order valence-corrected chi connectivity index (χ1v) is 12.0. The summed E-state index contributed by atoms with van der Waals surface area (Å²) in [7, 11) is 0. The number of aryl methyl sites for hydroxylation is 2. The predicted octanol–water partition coefficient (Wildman–Crippen LogP) is 4.99. The lowest BCUT2D eigenvalue weighted by Gasteiger charge is -2.37. The van der Waals surface area contributed by atoms with Crippen molar-refractivity contribution in [3.63, 3.8) is 0 Å². The molecule has 1 amide bonds. The molecule has 0 saturated carbocycles. The first-order valence-electron chi connectivity index (χ1n) is 11.1. The Hall–Kier alpha value is -2.54. The van der Waals surface area contributed by atoms with Crippen LogP contribution in [0.1, 0.15) is 63.8 Å². The Morgan fingerprint density at radius 3 is 2.56 bits per heavy atom. The average molecular weight is 456 g/mol. The molecule has 0 bridgehead atoms. The molecule has 1 N–H and O–H groups in total. The van der Waals surface area contributed by atoms with Crippen LogP contribution in [0.4, 0.5) is 0 Å². The van der Waals surface area contributed by atoms with Gasteiger partial charge < -0.3 is 15.0 Å². The minimum atomic E-state index is -0.396. The van der Waals surface area contributed by atoms with Gasteiger partial charge in [-0.05, 0) is 57.1 Å². The number of nitrogens with zero attached hydrogens (tertiary/aromatic N) is 2. The number of esters is 1. The minimum Gasteiger partial charge on any atom is -0.459 e. The molecule has 2 aliphatic rings. The van der Waals surface area contributed by atoms with Crippen LogP contribution in [-0.4, -0.2) is 34.6 Å². The van der Waals surface area contributed by atoms with Crippen LogP contribution in [0, 0.1) is 19.8 Å². The molecule has 0 aliphatic carbocycles. The molecule has 7 heteroatoms. The van der Waals surface area contributed by atoms with E-state index in [9.17, 15) is 9.59 Å². The Bertz CT molecular complexity index is 1010. The van der Waals surface area contributed by atoms with E-state index < -0.39 is 6.04 Å². The Kier molecular flexibility index (Phi) is 7.49. The third kappa shape index (κ3) is 5.26. The van der Waals surface area contributed by atoms with Crippen molar-refractivity contribution in [1.82, 2.24) is 10.2 Å². The van der Waals surface area contributed by atoms with Crippen molar-refractivity contribution < 1.29 is 14.3 Å². The predicted molar refractivity (Wildman–Crippen MR) is 130 cm³/mol. The fourth-order valence-electron chi connectivity index (χ4n) is 3.80. The number of fused-ring (bicyclic) bond motifs is 1. The minimum absolute atomic E-state index is 0.0379. The van der Waals surface area contributed by atoms with Gasteiger partial charge in [0, 0.05) is 12.2 Å². The van der Waals surface area contributed by atoms with Crippen molar-refractivity contribution in [2.24, 2.45) is 10.9 Å². The fraction of sp³-hybridized carbons (Fsp3) is 0.480. The molecule has 0 fully saturated rings. The van der Waals surface area contributed by atoms with Crippen molar-refractivity contribution in [2.75, 3.05) is 6.54 Å². The molecule has 0 radical (unpaired) electrons. The molecule has 172 valence electrons. The molecule has 2 heterocycles. The molecule has 2 aliphatic heterocycles. The van der Waals surface area contributed by atoms with Gasteiger partial charge in [0.25, 0.3) is 0 Å². The summed E-state index contributed by atoms with van der Waals surface area (Å²) in [6.07, 6.45) is -0.0109. The van der Waals surface area contributed by atoms with E-state index in [4.69, 9.17) is 9.73 Å². The van der Waals surface area contributed by atoms with Gasteiger partial charge >= 0.3 is 5.97 Å². The monoisotopic (exact) mass is 455 g/mol. The summed E-state index contributed by atoms with van der Waals surface area (Å²) in [5.41, 5.74) is 5.21. The lowest BCUT2D eigenvalue weighted by molar-refractivity contribution is -0.143. The van der Waals surface area contributed by atoms with Gasteiger partial charge in [-0.1, -0.05) is 49.4 Å². The molecular weight excluding hydrogens is 422 g/mol. The van der Waals surface area contributed by atoms with E-state index in [1.165, 1.54) is 11.8 Å². The van der Waals surface area contributed by atoms with Gasteiger partial charge in [0.2, 0.25) is 5.91 Å². The fourth-order valence-corrected chi connectivity index (χ4v) is 4.77. The van der Waals surface area contributed by atoms with E-state index in [0.29, 0.717) is 23.7 Å². The molecule has 1 atom stereocenters. The zero-order chi connectivity index (χ0) is 23.6. The Labute approximate surface area is 195 Å². The van der Waals surface area contributed by atoms with Crippen molar-refractivity contribution in [3.8, 4) is 0 Å². The molecule has 1 aromatic carbocycles. The number of rotatable bonds is 7. The van der Waals surface area contributed by atoms with Crippen molar-refractivity contribution >= 4 is 28.8 Å². The average Bonchev–Trinajstić information content (AvgIpc) is 3.08. The van der Waals surface area contributed by atoms with Crippen molar-refractivity contribution in [1.29, 1.82) is 0 Å². The number of allylic oxidation sites excluding steroid dienone is 1. The van der Waals surface area contributed by atoms with Crippen LogP contribution in [0.15, 0.2) is 45.6 Å². The number of carbonyl (C=O) groups excluding carboxylic acids is 2. The molecule has 1 aromatic rings. The highest BCUT2D eigenvalue weighted by Gasteiger charge is 2.41. The van der Waals surface area contributed by atoms with E-state index in [0.717, 1.165) is 27.6 Å². The zero-order valence-electron chi connectivity index (χ0n) is 20.0. The van der Waals surface area contributed by atoms with E-state index in [-0.39, 0.29) is 24.4 Å². The van der Waals surface area contributed by atoms with Gasteiger partial charge in [0.15, 0.2) is 5.17 Å². The van der Waals surface area contributed by atoms with E-state index in [1.54, 1.807) is 0 Å². The summed E-state index contributed by atoms with van der Waals surface area (Å²) in [6.45, 7) is 14.4. The van der Waals surface area contributed by atoms with Crippen molar-refractivity contribution in [3.05, 3.63) is 57.3 Å². The van der Waals surface area contributed by atoms with E-state index >= 15 is 0 Å². The molecule has 0 unspecified atom stereocenters. The summed E-state index contributed by atoms with van der Waals surface area (Å²) in [4.78, 5) is 32.6. The van der Waals surface area contributed by atoms with Gasteiger partial charge in [0.05, 0.1) is 29.8 Å². The summed E-state index contributed by atoms with van der Waals surface area (Å²) in [5, 5.41) is 5.74. The second-order valence-electron chi connectivity index (χ2n) is 9.08. The normalized spacial score (nSPS) is 18.0. The van der Waals surface area contributed by atoms with E-state index in [2.05, 4.69) is 37.4 Å². The van der Waals surface area contributed by atoms with Gasteiger partial charge in [-0.3, -0.25) is 4.79 Å². The van der Waals surface area contributed by atoms with Gasteiger partial charge in [0.1, 0.15) is 0 Å². The lowest BCUT2D eigenvalue weighted by Crippen LogP contribution is -2.39. The van der Waals surface area contributed by atoms with Gasteiger partial charge in [-0.2, -0.15) is 0 Å². The molecule has 0 saturated heterocycles. The van der Waals surface area contributed by atoms with Crippen LogP contribution in [0.3, 0.4) is 0 Å². The summed E-state index contributed by atoms with van der Waals surface area (Å²) in [5.74, 6) is -0.0283. The van der Waals surface area contributed by atoms with Gasteiger partial charge in [-0.15, -0.1) is 0 Å². The maximum atomic E-state index is 13.2. The molecule has 0 aromatic heterocycles. The summed E-state index contributed by atoms with van der Waals surface area (Å²) < 4.78 is 5.61. The number of aliphatic imine (C=N–C) groups is 1. The standard InChI is InChI=1S/C25H33N3O3S/c1-14(2)12-26-21(29)11-19-13-32-25-27-18(7)22(24(30)31-15(3)4)23(28(19)25)20-10-16(5)8-9-17(20)6/h8-10,13-15,23H,11-12H2,1-7H3,(H,26,29)/t23-/m1/s1. The number of ether oxygens (including phenoxy) is 1. The van der Waals surface area contributed by atoms with E-state index in [1.807, 2.05) is 44.9 Å². The number of benzene rings is 1. The maximum absolute atomic E-state index is 13.2. The third-order valence-electron chi connectivity index (χ3n) is 5.34. The van der Waals surface area contributed by atoms with Crippen LogP contribution >= 0.6 is 11.8 Å². The quantitative estimate of drug-likeness (QED) is 0.587. The lowest BCUT2D eigenvalue weighted by atomic mass is 9.90. The second-order valence-corrected chi connectivity index (χ2v) is 9.92. The number of carbonyl (C=O) groups is 2. The topological polar surface area (TPSA) is 71.0 Å². The number of amides is 1. The first kappa shape index (κ1) is 24.1. The Morgan fingerprint density at radius 1 is 1.19 bits per heavy atom. The largest absolute Gasteiger partial charge is 0.459 e. The highest BCUT2D eigenvalue weighted by Crippen LogP contribution is 2.45. The number of amidine groups is 1. The number of hydrogen-bond acceptors (Lipinski definition) is 6. The maximum Gasteiger partial charge on any atom is 0.338 e. The highest BCUT2D eigenvalue weighted by atomic mass is 32.2. The van der Waals surface area contributed by atoms with Crippen LogP contribution in [0.2, 0.25) is 0 Å². The molecule has 0 spiro atoms. The molecular formula is C25H33N3O3S. The molecule has 3 rings (SSSR count). The SMILES string of the molecule is CC1=C(C(=O)OC(C)C)[C@@H](c2cc(C)ccc2C)N2C(CC(=O)NCC(C)C)=CSC2=N1. The first-order chi connectivity index (χ1) is 15.1. The summed E-state index contributed by atoms with van der Waals surface area (Å²) in [6, 6.07) is 5.85. The Balaban J connectivity index is 2.04. The van der Waals surface area contributed by atoms with Crippen LogP contribution in [0.5, 0.6) is 0 Å². The summed E-state index contributed by atoms with van der Waals surface area (Å²) >= 11 is 1.49. The number of nitrogens with one attached hydrogen (secondary N) is 1. The third-order valence-corrected chi connectivity index (χ3v) is 6.23. The van der Waals surface area contributed by atoms with Gasteiger partial charge in [-0.25, -0.2) is 9.79 Å². The molecule has 32 heavy (non-hydrogen) atoms. The number of hydrogen-bond donors (Lipinski definition) is 1. The van der Waals surface area contributed by atoms with Crippen LogP contribution < -0.4 is 5.32 Å². The van der Waals surface area contributed by atoms with Crippen LogP contribution in [-0.2, 0) is 14.3 Å². The van der Waals surface area contributed by atoms with Crippen LogP contribution in [0.25, 0.3) is 0 Å². The smallest absolute Gasteiger partial charge is 0.338 e.